The number of aryl methyl sites for hydroxylation is 1. The second-order valence-electron chi connectivity index (χ2n) is 6.64. The van der Waals surface area contributed by atoms with E-state index in [9.17, 15) is 14.0 Å². The van der Waals surface area contributed by atoms with E-state index < -0.39 is 5.82 Å². The quantitative estimate of drug-likeness (QED) is 0.674. The molecular formula is C19H17FN2O2S. The smallest absolute Gasteiger partial charge is 0.262 e. The van der Waals surface area contributed by atoms with Crippen molar-refractivity contribution in [3.8, 4) is 0 Å². The summed E-state index contributed by atoms with van der Waals surface area (Å²) in [6, 6.07) is 5.35. The van der Waals surface area contributed by atoms with Crippen LogP contribution < -0.4 is 5.56 Å². The van der Waals surface area contributed by atoms with E-state index in [1.54, 1.807) is 11.3 Å². The Morgan fingerprint density at radius 1 is 1.36 bits per heavy atom. The second kappa shape index (κ2) is 6.19. The molecule has 0 amide bonds. The molecule has 1 aliphatic rings. The average molecular weight is 356 g/mol. The number of thiophene rings is 1. The Hall–Kier alpha value is -2.34. The lowest BCUT2D eigenvalue weighted by atomic mass is 9.89. The lowest BCUT2D eigenvalue weighted by molar-refractivity contribution is 0.0970. The van der Waals surface area contributed by atoms with Gasteiger partial charge < -0.3 is 0 Å². The molecule has 0 radical (unpaired) electrons. The molecule has 1 aromatic carbocycles. The van der Waals surface area contributed by atoms with Crippen LogP contribution in [0.5, 0.6) is 0 Å². The Morgan fingerprint density at radius 2 is 2.12 bits per heavy atom. The van der Waals surface area contributed by atoms with Gasteiger partial charge >= 0.3 is 0 Å². The van der Waals surface area contributed by atoms with E-state index in [0.29, 0.717) is 16.9 Å². The number of benzene rings is 1. The molecule has 2 heterocycles. The van der Waals surface area contributed by atoms with E-state index >= 15 is 0 Å². The summed E-state index contributed by atoms with van der Waals surface area (Å²) >= 11 is 1.59. The monoisotopic (exact) mass is 356 g/mol. The molecule has 128 valence electrons. The van der Waals surface area contributed by atoms with Gasteiger partial charge in [0, 0.05) is 10.4 Å². The predicted molar refractivity (Wildman–Crippen MR) is 95.8 cm³/mol. The van der Waals surface area contributed by atoms with Gasteiger partial charge in [-0.3, -0.25) is 14.2 Å². The molecule has 0 fully saturated rings. The van der Waals surface area contributed by atoms with Gasteiger partial charge in [0.2, 0.25) is 0 Å². The molecule has 2 aromatic heterocycles. The van der Waals surface area contributed by atoms with Crippen molar-refractivity contribution in [3.05, 3.63) is 62.8 Å². The fourth-order valence-corrected chi connectivity index (χ4v) is 4.70. The molecule has 0 bridgehead atoms. The maximum absolute atomic E-state index is 13.0. The van der Waals surface area contributed by atoms with Crippen molar-refractivity contribution >= 4 is 27.3 Å². The number of rotatable bonds is 3. The van der Waals surface area contributed by atoms with E-state index in [0.717, 1.165) is 29.7 Å². The third kappa shape index (κ3) is 2.91. The summed E-state index contributed by atoms with van der Waals surface area (Å²) in [6.07, 6.45) is 4.40. The van der Waals surface area contributed by atoms with Crippen LogP contribution in [0, 0.1) is 11.7 Å². The number of hydrogen-bond donors (Lipinski definition) is 0. The first-order valence-electron chi connectivity index (χ1n) is 8.31. The maximum Gasteiger partial charge on any atom is 0.262 e. The molecule has 0 saturated heterocycles. The number of hydrogen-bond acceptors (Lipinski definition) is 4. The third-order valence-corrected chi connectivity index (χ3v) is 5.92. The zero-order valence-electron chi connectivity index (χ0n) is 13.8. The second-order valence-corrected chi connectivity index (χ2v) is 7.72. The molecule has 4 nitrogen and oxygen atoms in total. The number of fused-ring (bicyclic) bond motifs is 3. The number of halogens is 1. The van der Waals surface area contributed by atoms with Gasteiger partial charge in [0.1, 0.15) is 10.6 Å². The summed E-state index contributed by atoms with van der Waals surface area (Å²) in [5.41, 5.74) is 1.33. The van der Waals surface area contributed by atoms with Crippen LogP contribution in [0.1, 0.15) is 34.1 Å². The molecule has 4 rings (SSSR count). The lowest BCUT2D eigenvalue weighted by Gasteiger charge is -2.17. The van der Waals surface area contributed by atoms with Crippen molar-refractivity contribution in [1.82, 2.24) is 9.55 Å². The number of ketones is 1. The summed E-state index contributed by atoms with van der Waals surface area (Å²) in [6.45, 7) is 2.13. The summed E-state index contributed by atoms with van der Waals surface area (Å²) in [5, 5.41) is 0.668. The van der Waals surface area contributed by atoms with Crippen LogP contribution in [0.25, 0.3) is 10.2 Å². The largest absolute Gasteiger partial charge is 0.292 e. The minimum absolute atomic E-state index is 0.0889. The zero-order chi connectivity index (χ0) is 17.6. The van der Waals surface area contributed by atoms with Crippen LogP contribution in [0.2, 0.25) is 0 Å². The lowest BCUT2D eigenvalue weighted by Crippen LogP contribution is -2.25. The summed E-state index contributed by atoms with van der Waals surface area (Å²) in [7, 11) is 0. The molecule has 6 heteroatoms. The van der Waals surface area contributed by atoms with Crippen molar-refractivity contribution in [3.63, 3.8) is 0 Å². The minimum atomic E-state index is -0.393. The van der Waals surface area contributed by atoms with E-state index in [1.165, 1.54) is 40.0 Å². The number of aromatic nitrogens is 2. The predicted octanol–water partition coefficient (Wildman–Crippen LogP) is 3.60. The van der Waals surface area contributed by atoms with E-state index in [-0.39, 0.29) is 17.9 Å². The average Bonchev–Trinajstić information content (AvgIpc) is 2.96. The van der Waals surface area contributed by atoms with Gasteiger partial charge in [0.15, 0.2) is 5.78 Å². The van der Waals surface area contributed by atoms with Gasteiger partial charge in [-0.05, 0) is 55.0 Å². The van der Waals surface area contributed by atoms with Gasteiger partial charge in [0.25, 0.3) is 5.56 Å². The normalized spacial score (nSPS) is 16.8. The van der Waals surface area contributed by atoms with Gasteiger partial charge in [-0.2, -0.15) is 0 Å². The summed E-state index contributed by atoms with van der Waals surface area (Å²) < 4.78 is 14.4. The molecule has 0 unspecified atom stereocenters. The van der Waals surface area contributed by atoms with Crippen LogP contribution >= 0.6 is 11.3 Å². The number of Topliss-reactive ketones (excluding diaryl/α,β-unsaturated/α-hetero) is 1. The summed E-state index contributed by atoms with van der Waals surface area (Å²) in [5.74, 6) is -0.000237. The Labute approximate surface area is 147 Å². The van der Waals surface area contributed by atoms with Gasteiger partial charge in [-0.15, -0.1) is 11.3 Å². The van der Waals surface area contributed by atoms with Crippen molar-refractivity contribution in [2.75, 3.05) is 0 Å². The number of carbonyl (C=O) groups excluding carboxylic acids is 1. The zero-order valence-corrected chi connectivity index (χ0v) is 14.6. The molecular weight excluding hydrogens is 339 g/mol. The summed E-state index contributed by atoms with van der Waals surface area (Å²) in [4.78, 5) is 31.7. The van der Waals surface area contributed by atoms with E-state index in [2.05, 4.69) is 11.9 Å². The Morgan fingerprint density at radius 3 is 2.88 bits per heavy atom. The number of nitrogens with zero attached hydrogens (tertiary/aromatic N) is 2. The fourth-order valence-electron chi connectivity index (χ4n) is 3.36. The molecule has 3 aromatic rings. The standard InChI is InChI=1S/C19H17FN2O2S/c1-11-2-7-14-16(8-11)25-18-17(14)19(24)22(10-21-18)9-15(23)12-3-5-13(20)6-4-12/h3-6,10-11H,2,7-9H2,1H3/t11-/m1/s1. The molecule has 1 aliphatic carbocycles. The first kappa shape index (κ1) is 16.1. The SMILES string of the molecule is C[C@@H]1CCc2c(sc3ncn(CC(=O)c4ccc(F)cc4)c(=O)c23)C1. The van der Waals surface area contributed by atoms with Gasteiger partial charge in [-0.25, -0.2) is 9.37 Å². The van der Waals surface area contributed by atoms with Crippen LogP contribution in [-0.4, -0.2) is 15.3 Å². The molecule has 0 aliphatic heterocycles. The molecule has 1 atom stereocenters. The Kier molecular flexibility index (Phi) is 4.00. The molecule has 0 saturated carbocycles. The molecule has 0 N–H and O–H groups in total. The highest BCUT2D eigenvalue weighted by Gasteiger charge is 2.23. The molecule has 0 spiro atoms. The van der Waals surface area contributed by atoms with Crippen LogP contribution in [0.15, 0.2) is 35.4 Å². The Bertz CT molecular complexity index is 1020. The highest BCUT2D eigenvalue weighted by molar-refractivity contribution is 7.18. The third-order valence-electron chi connectivity index (χ3n) is 4.76. The van der Waals surface area contributed by atoms with E-state index in [1.807, 2.05) is 0 Å². The van der Waals surface area contributed by atoms with Crippen LogP contribution in [-0.2, 0) is 19.4 Å². The minimum Gasteiger partial charge on any atom is -0.292 e. The number of carbonyl (C=O) groups is 1. The van der Waals surface area contributed by atoms with E-state index in [4.69, 9.17) is 0 Å². The highest BCUT2D eigenvalue weighted by atomic mass is 32.1. The highest BCUT2D eigenvalue weighted by Crippen LogP contribution is 2.35. The van der Waals surface area contributed by atoms with Crippen LogP contribution in [0.3, 0.4) is 0 Å². The topological polar surface area (TPSA) is 52.0 Å². The van der Waals surface area contributed by atoms with Crippen molar-refractivity contribution in [2.24, 2.45) is 5.92 Å². The Balaban J connectivity index is 1.71. The van der Waals surface area contributed by atoms with Crippen LogP contribution in [0.4, 0.5) is 4.39 Å². The maximum atomic E-state index is 13.0. The first-order valence-corrected chi connectivity index (χ1v) is 9.13. The van der Waals surface area contributed by atoms with Crippen molar-refractivity contribution in [2.45, 2.75) is 32.7 Å². The fraction of sp³-hybridized carbons (Fsp3) is 0.316. The molecule has 25 heavy (non-hydrogen) atoms. The van der Waals surface area contributed by atoms with Crippen molar-refractivity contribution < 1.29 is 9.18 Å². The van der Waals surface area contributed by atoms with Gasteiger partial charge in [-0.1, -0.05) is 6.92 Å². The van der Waals surface area contributed by atoms with Gasteiger partial charge in [0.05, 0.1) is 18.3 Å². The van der Waals surface area contributed by atoms with Crippen molar-refractivity contribution in [1.29, 1.82) is 0 Å². The first-order chi connectivity index (χ1) is 12.0.